The Balaban J connectivity index is 2.19. The standard InChI is InChI=1S/C13H16Cl2N2/c1-2-7-17-8-3-4-13(17)16-10-5-6-11(14)12(15)9-10/h5-6,9H,2-4,7-8H2,1H3. The molecule has 17 heavy (non-hydrogen) atoms. The number of amidine groups is 1. The van der Waals surface area contributed by atoms with Gasteiger partial charge in [0, 0.05) is 19.5 Å². The van der Waals surface area contributed by atoms with E-state index in [1.54, 1.807) is 6.07 Å². The summed E-state index contributed by atoms with van der Waals surface area (Å²) in [5.41, 5.74) is 0.886. The van der Waals surface area contributed by atoms with Crippen molar-refractivity contribution in [2.75, 3.05) is 13.1 Å². The van der Waals surface area contributed by atoms with E-state index in [0.717, 1.165) is 31.6 Å². The normalized spacial score (nSPS) is 18.1. The Morgan fingerprint density at radius 3 is 2.82 bits per heavy atom. The molecule has 1 aromatic carbocycles. The zero-order chi connectivity index (χ0) is 12.3. The van der Waals surface area contributed by atoms with E-state index in [2.05, 4.69) is 16.8 Å². The first kappa shape index (κ1) is 12.7. The maximum atomic E-state index is 5.98. The Labute approximate surface area is 112 Å². The van der Waals surface area contributed by atoms with E-state index in [0.29, 0.717) is 10.0 Å². The minimum absolute atomic E-state index is 0.563. The summed E-state index contributed by atoms with van der Waals surface area (Å²) in [6.45, 7) is 4.39. The molecule has 4 heteroatoms. The predicted octanol–water partition coefficient (Wildman–Crippen LogP) is 4.53. The summed E-state index contributed by atoms with van der Waals surface area (Å²) in [6, 6.07) is 5.52. The number of rotatable bonds is 3. The molecule has 0 aliphatic carbocycles. The van der Waals surface area contributed by atoms with Gasteiger partial charge in [-0.15, -0.1) is 0 Å². The third kappa shape index (κ3) is 3.14. The molecular weight excluding hydrogens is 255 g/mol. The van der Waals surface area contributed by atoms with E-state index >= 15 is 0 Å². The van der Waals surface area contributed by atoms with Gasteiger partial charge in [-0.3, -0.25) is 0 Å². The van der Waals surface area contributed by atoms with Crippen LogP contribution in [0.25, 0.3) is 0 Å². The van der Waals surface area contributed by atoms with Gasteiger partial charge in [0.1, 0.15) is 5.84 Å². The van der Waals surface area contributed by atoms with Crippen molar-refractivity contribution < 1.29 is 0 Å². The molecule has 1 saturated heterocycles. The largest absolute Gasteiger partial charge is 0.360 e. The second kappa shape index (κ2) is 5.74. The highest BCUT2D eigenvalue weighted by Crippen LogP contribution is 2.27. The van der Waals surface area contributed by atoms with Crippen LogP contribution in [0, 0.1) is 0 Å². The van der Waals surface area contributed by atoms with Crippen LogP contribution in [0.1, 0.15) is 26.2 Å². The zero-order valence-electron chi connectivity index (χ0n) is 9.92. The molecule has 1 aliphatic heterocycles. The minimum Gasteiger partial charge on any atom is -0.360 e. The van der Waals surface area contributed by atoms with Gasteiger partial charge in [0.25, 0.3) is 0 Å². The highest BCUT2D eigenvalue weighted by molar-refractivity contribution is 6.42. The van der Waals surface area contributed by atoms with Crippen molar-refractivity contribution in [3.8, 4) is 0 Å². The second-order valence-electron chi connectivity index (χ2n) is 4.22. The fraction of sp³-hybridized carbons (Fsp3) is 0.462. The molecule has 0 atom stereocenters. The summed E-state index contributed by atoms with van der Waals surface area (Å²) >= 11 is 11.9. The number of benzene rings is 1. The molecule has 1 aromatic rings. The quantitative estimate of drug-likeness (QED) is 0.788. The smallest absolute Gasteiger partial charge is 0.105 e. The first-order chi connectivity index (χ1) is 8.20. The van der Waals surface area contributed by atoms with Gasteiger partial charge in [0.2, 0.25) is 0 Å². The van der Waals surface area contributed by atoms with Gasteiger partial charge in [-0.05, 0) is 31.0 Å². The predicted molar refractivity (Wildman–Crippen MR) is 74.7 cm³/mol. The molecule has 0 radical (unpaired) electrons. The van der Waals surface area contributed by atoms with Gasteiger partial charge in [0.05, 0.1) is 15.7 Å². The highest BCUT2D eigenvalue weighted by atomic mass is 35.5. The monoisotopic (exact) mass is 270 g/mol. The number of aliphatic imine (C=N–C) groups is 1. The lowest BCUT2D eigenvalue weighted by Gasteiger charge is -2.17. The van der Waals surface area contributed by atoms with Crippen LogP contribution in [0.15, 0.2) is 23.2 Å². The van der Waals surface area contributed by atoms with E-state index in [9.17, 15) is 0 Å². The molecule has 0 unspecified atom stereocenters. The molecule has 2 nitrogen and oxygen atoms in total. The van der Waals surface area contributed by atoms with Crippen LogP contribution in [0.5, 0.6) is 0 Å². The molecule has 0 N–H and O–H groups in total. The van der Waals surface area contributed by atoms with Crippen LogP contribution in [0.4, 0.5) is 5.69 Å². The van der Waals surface area contributed by atoms with Crippen LogP contribution in [0.3, 0.4) is 0 Å². The van der Waals surface area contributed by atoms with Gasteiger partial charge in [-0.25, -0.2) is 4.99 Å². The molecule has 1 heterocycles. The van der Waals surface area contributed by atoms with Crippen molar-refractivity contribution in [3.63, 3.8) is 0 Å². The minimum atomic E-state index is 0.563. The fourth-order valence-electron chi connectivity index (χ4n) is 2.06. The average molecular weight is 271 g/mol. The Morgan fingerprint density at radius 1 is 1.29 bits per heavy atom. The summed E-state index contributed by atoms with van der Waals surface area (Å²) in [5, 5.41) is 1.14. The third-order valence-electron chi connectivity index (χ3n) is 2.85. The van der Waals surface area contributed by atoms with Crippen molar-refractivity contribution in [3.05, 3.63) is 28.2 Å². The second-order valence-corrected chi connectivity index (χ2v) is 5.03. The molecule has 0 aromatic heterocycles. The van der Waals surface area contributed by atoms with E-state index in [4.69, 9.17) is 23.2 Å². The molecule has 1 fully saturated rings. The van der Waals surface area contributed by atoms with E-state index in [-0.39, 0.29) is 0 Å². The number of halogens is 2. The van der Waals surface area contributed by atoms with Crippen molar-refractivity contribution in [1.29, 1.82) is 0 Å². The Bertz CT molecular complexity index is 429. The van der Waals surface area contributed by atoms with Crippen molar-refractivity contribution in [2.24, 2.45) is 4.99 Å². The number of hydrogen-bond donors (Lipinski definition) is 0. The summed E-state index contributed by atoms with van der Waals surface area (Å²) in [7, 11) is 0. The Hall–Kier alpha value is -0.730. The van der Waals surface area contributed by atoms with E-state index in [1.165, 1.54) is 12.3 Å². The molecule has 0 saturated carbocycles. The molecule has 2 rings (SSSR count). The van der Waals surface area contributed by atoms with Crippen molar-refractivity contribution >= 4 is 34.7 Å². The van der Waals surface area contributed by atoms with Crippen LogP contribution >= 0.6 is 23.2 Å². The molecule has 0 amide bonds. The topological polar surface area (TPSA) is 15.6 Å². The number of likely N-dealkylation sites (tertiary alicyclic amines) is 1. The molecule has 92 valence electrons. The number of hydrogen-bond acceptors (Lipinski definition) is 1. The van der Waals surface area contributed by atoms with Crippen LogP contribution < -0.4 is 0 Å². The molecule has 1 aliphatic rings. The lowest BCUT2D eigenvalue weighted by atomic mass is 10.3. The average Bonchev–Trinajstić information content (AvgIpc) is 2.72. The summed E-state index contributed by atoms with van der Waals surface area (Å²) < 4.78 is 0. The van der Waals surface area contributed by atoms with Crippen molar-refractivity contribution in [1.82, 2.24) is 4.90 Å². The maximum Gasteiger partial charge on any atom is 0.105 e. The SMILES string of the molecule is CCCN1CCCC1=Nc1ccc(Cl)c(Cl)c1. The Kier molecular flexibility index (Phi) is 4.30. The van der Waals surface area contributed by atoms with Crippen LogP contribution in [-0.2, 0) is 0 Å². The summed E-state index contributed by atoms with van der Waals surface area (Å²) in [6.07, 6.45) is 3.40. The summed E-state index contributed by atoms with van der Waals surface area (Å²) in [5.74, 6) is 1.17. The molecule has 0 spiro atoms. The highest BCUT2D eigenvalue weighted by Gasteiger charge is 2.17. The first-order valence-corrected chi connectivity index (χ1v) is 6.74. The van der Waals surface area contributed by atoms with Gasteiger partial charge in [-0.1, -0.05) is 30.1 Å². The Morgan fingerprint density at radius 2 is 2.12 bits per heavy atom. The third-order valence-corrected chi connectivity index (χ3v) is 3.59. The fourth-order valence-corrected chi connectivity index (χ4v) is 2.35. The zero-order valence-corrected chi connectivity index (χ0v) is 11.4. The lowest BCUT2D eigenvalue weighted by molar-refractivity contribution is 0.452. The van der Waals surface area contributed by atoms with Gasteiger partial charge < -0.3 is 4.90 Å². The van der Waals surface area contributed by atoms with Crippen LogP contribution in [0.2, 0.25) is 10.0 Å². The van der Waals surface area contributed by atoms with Crippen LogP contribution in [-0.4, -0.2) is 23.8 Å². The molecular formula is C13H16Cl2N2. The number of nitrogens with zero attached hydrogens (tertiary/aromatic N) is 2. The van der Waals surface area contributed by atoms with Gasteiger partial charge in [0.15, 0.2) is 0 Å². The maximum absolute atomic E-state index is 5.98. The van der Waals surface area contributed by atoms with Gasteiger partial charge >= 0.3 is 0 Å². The van der Waals surface area contributed by atoms with E-state index in [1.807, 2.05) is 12.1 Å². The van der Waals surface area contributed by atoms with E-state index < -0.39 is 0 Å². The first-order valence-electron chi connectivity index (χ1n) is 5.98. The lowest BCUT2D eigenvalue weighted by Crippen LogP contribution is -2.25. The van der Waals surface area contributed by atoms with Crippen molar-refractivity contribution in [2.45, 2.75) is 26.2 Å². The summed E-state index contributed by atoms with van der Waals surface area (Å²) in [4.78, 5) is 7.01. The van der Waals surface area contributed by atoms with Gasteiger partial charge in [-0.2, -0.15) is 0 Å². The molecule has 0 bridgehead atoms.